The maximum Gasteiger partial charge on any atom is 0.225 e. The molecule has 1 saturated heterocycles. The van der Waals surface area contributed by atoms with Crippen molar-refractivity contribution >= 4 is 21.5 Å². The van der Waals surface area contributed by atoms with Gasteiger partial charge < -0.3 is 9.80 Å². The van der Waals surface area contributed by atoms with E-state index >= 15 is 0 Å². The predicted octanol–water partition coefficient (Wildman–Crippen LogP) is 3.24. The Bertz CT molecular complexity index is 994. The summed E-state index contributed by atoms with van der Waals surface area (Å²) in [6.07, 6.45) is 3.84. The van der Waals surface area contributed by atoms with E-state index in [1.54, 1.807) is 6.07 Å². The van der Waals surface area contributed by atoms with E-state index in [-0.39, 0.29) is 10.9 Å². The van der Waals surface area contributed by atoms with Crippen LogP contribution in [-0.2, 0) is 16.3 Å². The molecule has 0 bridgehead atoms. The first-order valence-electron chi connectivity index (χ1n) is 9.95. The lowest BCUT2D eigenvalue weighted by Crippen LogP contribution is -2.56. The summed E-state index contributed by atoms with van der Waals surface area (Å²) in [4.78, 5) is 13.4. The lowest BCUT2D eigenvalue weighted by atomic mass is 9.99. The Morgan fingerprint density at radius 3 is 2.59 bits per heavy atom. The molecule has 0 saturated carbocycles. The Morgan fingerprint density at radius 1 is 1.28 bits per heavy atom. The van der Waals surface area contributed by atoms with E-state index in [4.69, 9.17) is 4.98 Å². The highest BCUT2D eigenvalue weighted by atomic mass is 32.2. The van der Waals surface area contributed by atoms with Gasteiger partial charge in [0.15, 0.2) is 9.84 Å². The Hall–Kier alpha value is -2.22. The molecular weight excluding hydrogens is 391 g/mol. The number of hydrogen-bond donors (Lipinski definition) is 0. The van der Waals surface area contributed by atoms with Gasteiger partial charge in [0.25, 0.3) is 0 Å². The van der Waals surface area contributed by atoms with E-state index < -0.39 is 15.7 Å². The molecule has 1 atom stereocenters. The molecule has 1 aromatic carbocycles. The minimum absolute atomic E-state index is 0.155. The van der Waals surface area contributed by atoms with Gasteiger partial charge in [-0.3, -0.25) is 0 Å². The van der Waals surface area contributed by atoms with E-state index in [0.29, 0.717) is 25.6 Å². The second-order valence-electron chi connectivity index (χ2n) is 7.97. The molecule has 2 heterocycles. The number of aryl methyl sites for hydroxylation is 2. The maximum absolute atomic E-state index is 14.0. The number of nitrogens with zero attached hydrogens (tertiary/aromatic N) is 4. The number of sulfone groups is 1. The summed E-state index contributed by atoms with van der Waals surface area (Å²) in [7, 11) is -3.62. The smallest absolute Gasteiger partial charge is 0.225 e. The zero-order chi connectivity index (χ0) is 21.3. The van der Waals surface area contributed by atoms with Gasteiger partial charge in [-0.2, -0.15) is 0 Å². The number of aromatic nitrogens is 2. The summed E-state index contributed by atoms with van der Waals surface area (Å²) >= 11 is 0. The number of hydrogen-bond acceptors (Lipinski definition) is 6. The molecular formula is C21H29FN4O2S. The lowest BCUT2D eigenvalue weighted by Gasteiger charge is -2.44. The van der Waals surface area contributed by atoms with Gasteiger partial charge in [-0.25, -0.2) is 22.8 Å². The molecule has 0 N–H and O–H groups in total. The van der Waals surface area contributed by atoms with Crippen LogP contribution in [0.2, 0.25) is 0 Å². The van der Waals surface area contributed by atoms with Gasteiger partial charge in [0, 0.05) is 43.5 Å². The SMILES string of the molecule is CCc1cnc(N2CCN(c3ccc(F)c(S(C)(=O)=O)c3)C[C@H]2C(C)C)nc1C. The van der Waals surface area contributed by atoms with Crippen LogP contribution < -0.4 is 9.80 Å². The van der Waals surface area contributed by atoms with E-state index in [1.807, 2.05) is 13.1 Å². The number of benzene rings is 1. The third-order valence-electron chi connectivity index (χ3n) is 5.57. The molecule has 0 radical (unpaired) electrons. The average Bonchev–Trinajstić information content (AvgIpc) is 2.67. The monoisotopic (exact) mass is 420 g/mol. The number of anilines is 2. The molecule has 0 unspecified atom stereocenters. The van der Waals surface area contributed by atoms with Crippen LogP contribution in [0.5, 0.6) is 0 Å². The highest BCUT2D eigenvalue weighted by Gasteiger charge is 2.32. The van der Waals surface area contributed by atoms with Crippen molar-refractivity contribution < 1.29 is 12.8 Å². The quantitative estimate of drug-likeness (QED) is 0.740. The van der Waals surface area contributed by atoms with Crippen LogP contribution >= 0.6 is 0 Å². The molecule has 1 aromatic heterocycles. The molecule has 6 nitrogen and oxygen atoms in total. The van der Waals surface area contributed by atoms with Gasteiger partial charge >= 0.3 is 0 Å². The second kappa shape index (κ2) is 8.26. The zero-order valence-electron chi connectivity index (χ0n) is 17.7. The Labute approximate surface area is 172 Å². The van der Waals surface area contributed by atoms with Crippen LogP contribution in [0.4, 0.5) is 16.0 Å². The van der Waals surface area contributed by atoms with Crippen LogP contribution in [0.1, 0.15) is 32.0 Å². The van der Waals surface area contributed by atoms with Crippen LogP contribution in [0.3, 0.4) is 0 Å². The first-order chi connectivity index (χ1) is 13.6. The van der Waals surface area contributed by atoms with Gasteiger partial charge in [0.1, 0.15) is 10.7 Å². The molecule has 3 rings (SSSR count). The third-order valence-corrected chi connectivity index (χ3v) is 6.69. The molecule has 0 aliphatic carbocycles. The fourth-order valence-electron chi connectivity index (χ4n) is 3.80. The fourth-order valence-corrected chi connectivity index (χ4v) is 4.56. The molecule has 1 fully saturated rings. The Morgan fingerprint density at radius 2 is 2.00 bits per heavy atom. The summed E-state index contributed by atoms with van der Waals surface area (Å²) in [5.74, 6) is 0.353. The average molecular weight is 421 g/mol. The largest absolute Gasteiger partial charge is 0.368 e. The Kier molecular flexibility index (Phi) is 6.12. The minimum Gasteiger partial charge on any atom is -0.368 e. The number of piperazine rings is 1. The van der Waals surface area contributed by atoms with E-state index in [9.17, 15) is 12.8 Å². The summed E-state index contributed by atoms with van der Waals surface area (Å²) in [5.41, 5.74) is 2.86. The zero-order valence-corrected chi connectivity index (χ0v) is 18.5. The summed E-state index contributed by atoms with van der Waals surface area (Å²) in [6, 6.07) is 4.47. The Balaban J connectivity index is 1.89. The third kappa shape index (κ3) is 4.52. The standard InChI is InChI=1S/C21H29FN4O2S/c1-6-16-12-23-21(24-15(16)4)26-10-9-25(13-19(26)14(2)3)17-7-8-18(22)20(11-17)29(5,27)28/h7-8,11-12,14,19H,6,9-10,13H2,1-5H3/t19-/m0/s1. The summed E-state index contributed by atoms with van der Waals surface area (Å²) in [6.45, 7) is 10.5. The van der Waals surface area contributed by atoms with Crippen molar-refractivity contribution in [2.45, 2.75) is 45.1 Å². The van der Waals surface area contributed by atoms with Gasteiger partial charge in [-0.1, -0.05) is 20.8 Å². The molecule has 2 aromatic rings. The highest BCUT2D eigenvalue weighted by Crippen LogP contribution is 2.28. The molecule has 0 amide bonds. The highest BCUT2D eigenvalue weighted by molar-refractivity contribution is 7.90. The van der Waals surface area contributed by atoms with Gasteiger partial charge in [-0.15, -0.1) is 0 Å². The number of rotatable bonds is 5. The lowest BCUT2D eigenvalue weighted by molar-refractivity contribution is 0.413. The summed E-state index contributed by atoms with van der Waals surface area (Å²) < 4.78 is 37.8. The first-order valence-corrected chi connectivity index (χ1v) is 11.8. The van der Waals surface area contributed by atoms with Crippen molar-refractivity contribution in [1.82, 2.24) is 9.97 Å². The predicted molar refractivity (Wildman–Crippen MR) is 114 cm³/mol. The van der Waals surface area contributed by atoms with Crippen molar-refractivity contribution in [3.05, 3.63) is 41.5 Å². The maximum atomic E-state index is 14.0. The molecule has 158 valence electrons. The topological polar surface area (TPSA) is 66.4 Å². The van der Waals surface area contributed by atoms with Crippen LogP contribution in [0.15, 0.2) is 29.3 Å². The molecule has 0 spiro atoms. The van der Waals surface area contributed by atoms with Crippen LogP contribution in [0, 0.1) is 18.7 Å². The van der Waals surface area contributed by atoms with Gasteiger partial charge in [0.2, 0.25) is 5.95 Å². The van der Waals surface area contributed by atoms with E-state index in [0.717, 1.165) is 35.6 Å². The molecule has 1 aliphatic heterocycles. The fraction of sp³-hybridized carbons (Fsp3) is 0.524. The minimum atomic E-state index is -3.62. The van der Waals surface area contributed by atoms with Crippen LogP contribution in [0.25, 0.3) is 0 Å². The van der Waals surface area contributed by atoms with Crippen molar-refractivity contribution in [3.8, 4) is 0 Å². The molecule has 29 heavy (non-hydrogen) atoms. The van der Waals surface area contributed by atoms with Crippen molar-refractivity contribution in [1.29, 1.82) is 0 Å². The van der Waals surface area contributed by atoms with Crippen molar-refractivity contribution in [2.24, 2.45) is 5.92 Å². The van der Waals surface area contributed by atoms with Crippen LogP contribution in [-0.4, -0.2) is 50.3 Å². The number of halogens is 1. The van der Waals surface area contributed by atoms with E-state index in [1.165, 1.54) is 12.1 Å². The van der Waals surface area contributed by atoms with Crippen molar-refractivity contribution in [3.63, 3.8) is 0 Å². The molecule has 1 aliphatic rings. The summed E-state index contributed by atoms with van der Waals surface area (Å²) in [5, 5.41) is 0. The molecule has 8 heteroatoms. The van der Waals surface area contributed by atoms with E-state index in [2.05, 4.69) is 35.6 Å². The van der Waals surface area contributed by atoms with Gasteiger partial charge in [0.05, 0.1) is 6.04 Å². The van der Waals surface area contributed by atoms with Gasteiger partial charge in [-0.05, 0) is 43.0 Å². The normalized spacial score (nSPS) is 17.8. The first kappa shape index (κ1) is 21.5. The van der Waals surface area contributed by atoms with Crippen molar-refractivity contribution in [2.75, 3.05) is 35.7 Å². The second-order valence-corrected chi connectivity index (χ2v) is 9.96.